The summed E-state index contributed by atoms with van der Waals surface area (Å²) in [5.41, 5.74) is 4.62. The SMILES string of the molecule is Cc1cc(O)ccc1NC1CCc2cccnc21. The summed E-state index contributed by atoms with van der Waals surface area (Å²) in [5, 5.41) is 12.9. The van der Waals surface area contributed by atoms with Crippen LogP contribution >= 0.6 is 0 Å². The molecule has 1 aromatic carbocycles. The van der Waals surface area contributed by atoms with Crippen LogP contribution in [0.1, 0.15) is 29.3 Å². The van der Waals surface area contributed by atoms with Gasteiger partial charge in [-0.1, -0.05) is 6.07 Å². The summed E-state index contributed by atoms with van der Waals surface area (Å²) >= 11 is 0. The summed E-state index contributed by atoms with van der Waals surface area (Å²) in [7, 11) is 0. The van der Waals surface area contributed by atoms with Gasteiger partial charge in [0.25, 0.3) is 0 Å². The largest absolute Gasteiger partial charge is 0.508 e. The van der Waals surface area contributed by atoms with Crippen molar-refractivity contribution in [2.24, 2.45) is 0 Å². The number of fused-ring (bicyclic) bond motifs is 1. The summed E-state index contributed by atoms with van der Waals surface area (Å²) in [5.74, 6) is 0.308. The lowest BCUT2D eigenvalue weighted by molar-refractivity contribution is 0.475. The Kier molecular flexibility index (Phi) is 2.67. The van der Waals surface area contributed by atoms with Gasteiger partial charge in [0, 0.05) is 11.9 Å². The predicted molar refractivity (Wildman–Crippen MR) is 71.8 cm³/mol. The fourth-order valence-electron chi connectivity index (χ4n) is 2.55. The molecule has 0 saturated heterocycles. The van der Waals surface area contributed by atoms with Gasteiger partial charge in [-0.2, -0.15) is 0 Å². The molecule has 0 fully saturated rings. The summed E-state index contributed by atoms with van der Waals surface area (Å²) in [6.07, 6.45) is 4.01. The molecule has 1 heterocycles. The molecule has 1 aromatic heterocycles. The summed E-state index contributed by atoms with van der Waals surface area (Å²) in [4.78, 5) is 4.47. The van der Waals surface area contributed by atoms with Gasteiger partial charge >= 0.3 is 0 Å². The zero-order valence-corrected chi connectivity index (χ0v) is 10.4. The van der Waals surface area contributed by atoms with E-state index in [0.29, 0.717) is 5.75 Å². The minimum absolute atomic E-state index is 0.282. The number of nitrogens with one attached hydrogen (secondary N) is 1. The zero-order valence-electron chi connectivity index (χ0n) is 10.4. The predicted octanol–water partition coefficient (Wildman–Crippen LogP) is 3.20. The average Bonchev–Trinajstić information content (AvgIpc) is 2.76. The van der Waals surface area contributed by atoms with Crippen molar-refractivity contribution in [2.75, 3.05) is 5.32 Å². The third-order valence-electron chi connectivity index (χ3n) is 3.50. The van der Waals surface area contributed by atoms with Crippen LogP contribution in [0.4, 0.5) is 5.69 Å². The molecule has 0 amide bonds. The number of aromatic hydroxyl groups is 1. The Hall–Kier alpha value is -2.03. The summed E-state index contributed by atoms with van der Waals surface area (Å²) < 4.78 is 0. The number of phenols is 1. The number of aromatic nitrogens is 1. The zero-order chi connectivity index (χ0) is 12.5. The van der Waals surface area contributed by atoms with Gasteiger partial charge in [-0.05, 0) is 55.2 Å². The van der Waals surface area contributed by atoms with Crippen molar-refractivity contribution >= 4 is 5.69 Å². The number of anilines is 1. The highest BCUT2D eigenvalue weighted by atomic mass is 16.3. The quantitative estimate of drug-likeness (QED) is 0.792. The van der Waals surface area contributed by atoms with Crippen LogP contribution in [-0.4, -0.2) is 10.1 Å². The first kappa shape index (κ1) is 11.1. The van der Waals surface area contributed by atoms with Crippen LogP contribution in [0.2, 0.25) is 0 Å². The molecule has 1 aliphatic rings. The Balaban J connectivity index is 1.86. The molecule has 92 valence electrons. The molecule has 3 rings (SSSR count). The van der Waals surface area contributed by atoms with E-state index in [4.69, 9.17) is 0 Å². The number of phenolic OH excluding ortho intramolecular Hbond substituents is 1. The average molecular weight is 240 g/mol. The molecule has 0 bridgehead atoms. The lowest BCUT2D eigenvalue weighted by Gasteiger charge is -2.16. The summed E-state index contributed by atoms with van der Waals surface area (Å²) in [6, 6.07) is 9.83. The van der Waals surface area contributed by atoms with E-state index in [1.165, 1.54) is 5.56 Å². The van der Waals surface area contributed by atoms with Crippen LogP contribution in [0.25, 0.3) is 0 Å². The van der Waals surface area contributed by atoms with Gasteiger partial charge in [-0.3, -0.25) is 4.98 Å². The standard InChI is InChI=1S/C15H16N2O/c1-10-9-12(18)5-7-13(10)17-14-6-4-11-3-2-8-16-15(11)14/h2-3,5,7-9,14,17-18H,4,6H2,1H3. The Morgan fingerprint density at radius 3 is 3.06 bits per heavy atom. The van der Waals surface area contributed by atoms with E-state index < -0.39 is 0 Å². The lowest BCUT2D eigenvalue weighted by Crippen LogP contribution is -2.09. The second-order valence-electron chi connectivity index (χ2n) is 4.78. The molecule has 3 nitrogen and oxygen atoms in total. The van der Waals surface area contributed by atoms with E-state index in [1.54, 1.807) is 12.1 Å². The van der Waals surface area contributed by atoms with Crippen LogP contribution in [-0.2, 0) is 6.42 Å². The number of rotatable bonds is 2. The Labute approximate surface area is 107 Å². The van der Waals surface area contributed by atoms with E-state index in [9.17, 15) is 5.11 Å². The van der Waals surface area contributed by atoms with Crippen molar-refractivity contribution in [1.29, 1.82) is 0 Å². The Morgan fingerprint density at radius 1 is 1.33 bits per heavy atom. The minimum Gasteiger partial charge on any atom is -0.508 e. The Bertz CT molecular complexity index is 580. The maximum atomic E-state index is 9.42. The number of aryl methyl sites for hydroxylation is 2. The Morgan fingerprint density at radius 2 is 2.22 bits per heavy atom. The third-order valence-corrected chi connectivity index (χ3v) is 3.50. The molecule has 1 atom stereocenters. The van der Waals surface area contributed by atoms with Gasteiger partial charge in [0.2, 0.25) is 0 Å². The molecule has 18 heavy (non-hydrogen) atoms. The molecule has 2 aromatic rings. The second-order valence-corrected chi connectivity index (χ2v) is 4.78. The lowest BCUT2D eigenvalue weighted by atomic mass is 10.1. The van der Waals surface area contributed by atoms with Crippen molar-refractivity contribution in [3.05, 3.63) is 53.3 Å². The van der Waals surface area contributed by atoms with Crippen molar-refractivity contribution in [1.82, 2.24) is 4.98 Å². The number of hydrogen-bond acceptors (Lipinski definition) is 3. The van der Waals surface area contributed by atoms with Gasteiger partial charge in [-0.15, -0.1) is 0 Å². The first-order valence-corrected chi connectivity index (χ1v) is 6.24. The molecule has 3 heteroatoms. The summed E-state index contributed by atoms with van der Waals surface area (Å²) in [6.45, 7) is 2.00. The smallest absolute Gasteiger partial charge is 0.115 e. The van der Waals surface area contributed by atoms with Crippen molar-refractivity contribution in [3.63, 3.8) is 0 Å². The van der Waals surface area contributed by atoms with E-state index >= 15 is 0 Å². The molecule has 1 aliphatic carbocycles. The third kappa shape index (κ3) is 1.92. The molecule has 0 aliphatic heterocycles. The van der Waals surface area contributed by atoms with Crippen molar-refractivity contribution < 1.29 is 5.11 Å². The van der Waals surface area contributed by atoms with Gasteiger partial charge in [-0.25, -0.2) is 0 Å². The number of benzene rings is 1. The molecule has 2 N–H and O–H groups in total. The van der Waals surface area contributed by atoms with Gasteiger partial charge < -0.3 is 10.4 Å². The molecule has 0 radical (unpaired) electrons. The normalized spacial score (nSPS) is 17.5. The highest BCUT2D eigenvalue weighted by molar-refractivity contribution is 5.55. The van der Waals surface area contributed by atoms with Crippen LogP contribution in [0.5, 0.6) is 5.75 Å². The fourth-order valence-corrected chi connectivity index (χ4v) is 2.55. The molecule has 0 spiro atoms. The van der Waals surface area contributed by atoms with Crippen molar-refractivity contribution in [3.8, 4) is 5.75 Å². The van der Waals surface area contributed by atoms with Gasteiger partial charge in [0.1, 0.15) is 5.75 Å². The van der Waals surface area contributed by atoms with E-state index in [0.717, 1.165) is 29.8 Å². The van der Waals surface area contributed by atoms with Crippen LogP contribution in [0, 0.1) is 6.92 Å². The maximum Gasteiger partial charge on any atom is 0.115 e. The first-order chi connectivity index (χ1) is 8.74. The van der Waals surface area contributed by atoms with Crippen LogP contribution in [0.15, 0.2) is 36.5 Å². The minimum atomic E-state index is 0.282. The van der Waals surface area contributed by atoms with Gasteiger partial charge in [0.05, 0.1) is 11.7 Å². The topological polar surface area (TPSA) is 45.1 Å². The van der Waals surface area contributed by atoms with Crippen molar-refractivity contribution in [2.45, 2.75) is 25.8 Å². The monoisotopic (exact) mass is 240 g/mol. The van der Waals surface area contributed by atoms with Gasteiger partial charge in [0.15, 0.2) is 0 Å². The number of hydrogen-bond donors (Lipinski definition) is 2. The highest BCUT2D eigenvalue weighted by Crippen LogP contribution is 2.33. The van der Waals surface area contributed by atoms with E-state index in [-0.39, 0.29) is 6.04 Å². The van der Waals surface area contributed by atoms with Crippen LogP contribution in [0.3, 0.4) is 0 Å². The molecule has 0 saturated carbocycles. The van der Waals surface area contributed by atoms with E-state index in [2.05, 4.69) is 16.4 Å². The maximum absolute atomic E-state index is 9.42. The molecular weight excluding hydrogens is 224 g/mol. The van der Waals surface area contributed by atoms with Crippen LogP contribution < -0.4 is 5.32 Å². The first-order valence-electron chi connectivity index (χ1n) is 6.24. The fraction of sp³-hybridized carbons (Fsp3) is 0.267. The highest BCUT2D eigenvalue weighted by Gasteiger charge is 2.23. The molecule has 1 unspecified atom stereocenters. The number of pyridine rings is 1. The second kappa shape index (κ2) is 4.33. The number of nitrogens with zero attached hydrogens (tertiary/aromatic N) is 1. The molecular formula is C15H16N2O. The van der Waals surface area contributed by atoms with E-state index in [1.807, 2.05) is 25.3 Å².